The number of amides is 3. The zero-order chi connectivity index (χ0) is 25.8. The summed E-state index contributed by atoms with van der Waals surface area (Å²) in [6.07, 6.45) is 8.64. The van der Waals surface area contributed by atoms with Gasteiger partial charge in [-0.25, -0.2) is 0 Å². The van der Waals surface area contributed by atoms with Gasteiger partial charge in [0.1, 0.15) is 11.6 Å². The van der Waals surface area contributed by atoms with Crippen LogP contribution in [0.4, 0.5) is 5.69 Å². The molecule has 0 bridgehead atoms. The molecule has 5 rings (SSSR count). The number of ether oxygens (including phenoxy) is 1. The quantitative estimate of drug-likeness (QED) is 0.501. The van der Waals surface area contributed by atoms with Gasteiger partial charge in [-0.3, -0.25) is 14.4 Å². The largest absolute Gasteiger partial charge is 0.396 e. The smallest absolute Gasteiger partial charge is 0.253 e. The van der Waals surface area contributed by atoms with Crippen molar-refractivity contribution in [2.45, 2.75) is 50.9 Å². The molecule has 192 valence electrons. The average Bonchev–Trinajstić information content (AvgIpc) is 3.10. The minimum Gasteiger partial charge on any atom is -0.396 e. The van der Waals surface area contributed by atoms with Gasteiger partial charge in [-0.1, -0.05) is 36.4 Å². The second-order valence-electron chi connectivity index (χ2n) is 10.7. The molecule has 1 N–H and O–H groups in total. The van der Waals surface area contributed by atoms with Crippen LogP contribution in [0.1, 0.15) is 30.9 Å². The van der Waals surface area contributed by atoms with Crippen LogP contribution in [0.25, 0.3) is 0 Å². The highest BCUT2D eigenvalue weighted by Gasteiger charge is 2.74. The molecule has 3 amide bonds. The number of nitrogens with zero attached hydrogens (tertiary/aromatic N) is 3. The van der Waals surface area contributed by atoms with Gasteiger partial charge in [0.25, 0.3) is 5.91 Å². The van der Waals surface area contributed by atoms with Crippen molar-refractivity contribution >= 4 is 23.4 Å². The first-order valence-electron chi connectivity index (χ1n) is 12.7. The molecule has 2 fully saturated rings. The van der Waals surface area contributed by atoms with E-state index < -0.39 is 29.1 Å². The Morgan fingerprint density at radius 3 is 2.50 bits per heavy atom. The highest BCUT2D eigenvalue weighted by molar-refractivity contribution is 6.06. The van der Waals surface area contributed by atoms with E-state index in [-0.39, 0.29) is 24.3 Å². The monoisotopic (exact) mass is 493 g/mol. The number of benzene rings is 1. The minimum atomic E-state index is -1.25. The van der Waals surface area contributed by atoms with Crippen molar-refractivity contribution in [3.8, 4) is 0 Å². The maximum absolute atomic E-state index is 14.4. The summed E-state index contributed by atoms with van der Waals surface area (Å²) >= 11 is 0. The number of likely N-dealkylation sites (tertiary alicyclic amines) is 1. The molecule has 8 heteroatoms. The van der Waals surface area contributed by atoms with Crippen LogP contribution in [0.3, 0.4) is 0 Å². The molecule has 4 heterocycles. The van der Waals surface area contributed by atoms with Crippen LogP contribution in [-0.4, -0.2) is 83.2 Å². The van der Waals surface area contributed by atoms with Gasteiger partial charge in [0.15, 0.2) is 0 Å². The number of hydrogen-bond acceptors (Lipinski definition) is 5. The maximum atomic E-state index is 14.4. The summed E-state index contributed by atoms with van der Waals surface area (Å²) in [5.74, 6) is -2.13. The lowest BCUT2D eigenvalue weighted by Gasteiger charge is -2.37. The zero-order valence-electron chi connectivity index (χ0n) is 21.4. The minimum absolute atomic E-state index is 0.00893. The number of rotatable bonds is 5. The van der Waals surface area contributed by atoms with Crippen molar-refractivity contribution in [1.29, 1.82) is 0 Å². The standard InChI is InChI=1S/C28H35N3O5/c1-18-9-10-19(2)20(17-18)30-15-8-12-28-22(21-24(33)29(4)13-7-11-27(21,3)36-28)25(34)31(14-5-6-16-32)23(28)26(30)35/h7-12,17,21-23,32H,5-6,13-16H2,1-4H3/t21-,22+,23?,27+,28+/m1/s1. The molecule has 5 atom stereocenters. The van der Waals surface area contributed by atoms with E-state index in [0.717, 1.165) is 16.8 Å². The van der Waals surface area contributed by atoms with Gasteiger partial charge in [0, 0.05) is 39.0 Å². The third-order valence-corrected chi connectivity index (χ3v) is 8.22. The first-order valence-corrected chi connectivity index (χ1v) is 12.7. The Bertz CT molecular complexity index is 1160. The van der Waals surface area contributed by atoms with Crippen molar-refractivity contribution in [3.05, 3.63) is 53.6 Å². The molecule has 4 aliphatic rings. The molecule has 1 aromatic carbocycles. The van der Waals surface area contributed by atoms with E-state index >= 15 is 0 Å². The summed E-state index contributed by atoms with van der Waals surface area (Å²) in [5, 5.41) is 9.35. The molecule has 0 aromatic heterocycles. The van der Waals surface area contributed by atoms with Gasteiger partial charge in [-0.2, -0.15) is 0 Å². The fourth-order valence-electron chi connectivity index (χ4n) is 6.50. The van der Waals surface area contributed by atoms with Crippen LogP contribution in [-0.2, 0) is 19.1 Å². The highest BCUT2D eigenvalue weighted by Crippen LogP contribution is 2.57. The van der Waals surface area contributed by atoms with E-state index in [0.29, 0.717) is 32.5 Å². The number of carbonyl (C=O) groups is 3. The summed E-state index contributed by atoms with van der Waals surface area (Å²) in [7, 11) is 1.73. The van der Waals surface area contributed by atoms with Crippen LogP contribution < -0.4 is 4.90 Å². The molecule has 36 heavy (non-hydrogen) atoms. The molecular formula is C28H35N3O5. The van der Waals surface area contributed by atoms with Crippen LogP contribution in [0.15, 0.2) is 42.5 Å². The molecule has 4 aliphatic heterocycles. The van der Waals surface area contributed by atoms with Crippen LogP contribution in [0, 0.1) is 25.7 Å². The number of fused-ring (bicyclic) bond motifs is 2. The van der Waals surface area contributed by atoms with Gasteiger partial charge in [0.05, 0.1) is 17.4 Å². The molecular weight excluding hydrogens is 458 g/mol. The van der Waals surface area contributed by atoms with Crippen LogP contribution >= 0.6 is 0 Å². The third-order valence-electron chi connectivity index (χ3n) is 8.22. The fraction of sp³-hybridized carbons (Fsp3) is 0.536. The van der Waals surface area contributed by atoms with Gasteiger partial charge in [0.2, 0.25) is 11.8 Å². The number of aliphatic hydroxyl groups excluding tert-OH is 1. The van der Waals surface area contributed by atoms with E-state index in [1.807, 2.05) is 63.3 Å². The normalized spacial score (nSPS) is 33.5. The number of unbranched alkanes of at least 4 members (excludes halogenated alkanes) is 1. The molecule has 2 saturated heterocycles. The van der Waals surface area contributed by atoms with E-state index in [4.69, 9.17) is 4.74 Å². The summed E-state index contributed by atoms with van der Waals surface area (Å²) < 4.78 is 6.78. The van der Waals surface area contributed by atoms with E-state index in [1.165, 1.54) is 0 Å². The van der Waals surface area contributed by atoms with Crippen LogP contribution in [0.2, 0.25) is 0 Å². The second-order valence-corrected chi connectivity index (χ2v) is 10.7. The Morgan fingerprint density at radius 2 is 1.75 bits per heavy atom. The molecule has 1 spiro atoms. The topological polar surface area (TPSA) is 90.4 Å². The van der Waals surface area contributed by atoms with E-state index in [1.54, 1.807) is 21.7 Å². The molecule has 0 aliphatic carbocycles. The van der Waals surface area contributed by atoms with Gasteiger partial charge in [-0.15, -0.1) is 0 Å². The van der Waals surface area contributed by atoms with Crippen molar-refractivity contribution in [3.63, 3.8) is 0 Å². The molecule has 0 radical (unpaired) electrons. The SMILES string of the molecule is Cc1ccc(C)c(N2CC=C[C@]34O[C@@]5(C)C=CCN(C)C(=O)[C@H]5[C@H]3C(=O)N(CCCCO)C4C2=O)c1. The predicted molar refractivity (Wildman–Crippen MR) is 135 cm³/mol. The summed E-state index contributed by atoms with van der Waals surface area (Å²) in [6, 6.07) is 5.10. The number of aliphatic hydroxyl groups is 1. The lowest BCUT2D eigenvalue weighted by atomic mass is 9.74. The first-order chi connectivity index (χ1) is 17.1. The maximum Gasteiger partial charge on any atom is 0.253 e. The van der Waals surface area contributed by atoms with Gasteiger partial charge < -0.3 is 24.5 Å². The van der Waals surface area contributed by atoms with Crippen molar-refractivity contribution in [2.75, 3.05) is 38.2 Å². The van der Waals surface area contributed by atoms with Crippen molar-refractivity contribution in [1.82, 2.24) is 9.80 Å². The predicted octanol–water partition coefficient (Wildman–Crippen LogP) is 1.98. The Kier molecular flexibility index (Phi) is 6.08. The molecule has 1 aromatic rings. The first kappa shape index (κ1) is 24.7. The number of anilines is 1. The van der Waals surface area contributed by atoms with Crippen molar-refractivity contribution < 1.29 is 24.2 Å². The Labute approximate surface area is 212 Å². The Hall–Kier alpha value is -2.97. The fourth-order valence-corrected chi connectivity index (χ4v) is 6.50. The summed E-state index contributed by atoms with van der Waals surface area (Å²) in [6.45, 7) is 6.93. The average molecular weight is 494 g/mol. The molecule has 1 unspecified atom stereocenters. The van der Waals surface area contributed by atoms with Crippen LogP contribution in [0.5, 0.6) is 0 Å². The third kappa shape index (κ3) is 3.53. The Morgan fingerprint density at radius 1 is 1.00 bits per heavy atom. The lowest BCUT2D eigenvalue weighted by Crippen LogP contribution is -2.56. The molecule has 8 nitrogen and oxygen atoms in total. The van der Waals surface area contributed by atoms with E-state index in [2.05, 4.69) is 0 Å². The lowest BCUT2D eigenvalue weighted by molar-refractivity contribution is -0.148. The molecule has 0 saturated carbocycles. The number of hydrogen-bond donors (Lipinski definition) is 1. The summed E-state index contributed by atoms with van der Waals surface area (Å²) in [5.41, 5.74) is 0.558. The Balaban J connectivity index is 1.64. The highest BCUT2D eigenvalue weighted by atomic mass is 16.5. The van der Waals surface area contributed by atoms with Gasteiger partial charge >= 0.3 is 0 Å². The van der Waals surface area contributed by atoms with Gasteiger partial charge in [-0.05, 0) is 50.8 Å². The van der Waals surface area contributed by atoms with E-state index in [9.17, 15) is 19.5 Å². The number of aryl methyl sites for hydroxylation is 2. The number of likely N-dealkylation sites (N-methyl/N-ethyl adjacent to an activating group) is 1. The van der Waals surface area contributed by atoms with Crippen molar-refractivity contribution in [2.24, 2.45) is 11.8 Å². The second kappa shape index (κ2) is 8.85. The summed E-state index contributed by atoms with van der Waals surface area (Å²) in [4.78, 5) is 47.0. The number of carbonyl (C=O) groups excluding carboxylic acids is 3. The zero-order valence-corrected chi connectivity index (χ0v) is 21.4.